The van der Waals surface area contributed by atoms with Gasteiger partial charge in [0.25, 0.3) is 0 Å². The van der Waals surface area contributed by atoms with E-state index in [2.05, 4.69) is 22.8 Å². The molecule has 1 aliphatic carbocycles. The lowest BCUT2D eigenvalue weighted by atomic mass is 9.76. The zero-order chi connectivity index (χ0) is 17.6. The standard InChI is InChI=1S/C21H26N2O2/c1-3-15-6-4-5-7-16(15)8-10-21(23-24)18-12-13-22-20-11-9-17(25-2)14-19(18)20/h3,9,11-16,24H,1,4-8,10H2,2H3. The van der Waals surface area contributed by atoms with E-state index in [4.69, 9.17) is 4.74 Å². The Morgan fingerprint density at radius 1 is 1.36 bits per heavy atom. The summed E-state index contributed by atoms with van der Waals surface area (Å²) in [5, 5.41) is 14.2. The van der Waals surface area contributed by atoms with Gasteiger partial charge in [0.1, 0.15) is 5.75 Å². The highest BCUT2D eigenvalue weighted by Gasteiger charge is 2.23. The molecule has 2 unspecified atom stereocenters. The van der Waals surface area contributed by atoms with Crippen molar-refractivity contribution < 1.29 is 9.94 Å². The van der Waals surface area contributed by atoms with Crippen molar-refractivity contribution >= 4 is 16.6 Å². The maximum atomic E-state index is 9.63. The van der Waals surface area contributed by atoms with Crippen molar-refractivity contribution in [1.29, 1.82) is 0 Å². The molecule has 0 saturated heterocycles. The first-order valence-corrected chi connectivity index (χ1v) is 9.03. The molecular weight excluding hydrogens is 312 g/mol. The lowest BCUT2D eigenvalue weighted by molar-refractivity contribution is 0.270. The topological polar surface area (TPSA) is 54.7 Å². The van der Waals surface area contributed by atoms with E-state index in [1.165, 1.54) is 25.7 Å². The molecule has 1 aromatic carbocycles. The third-order valence-electron chi connectivity index (χ3n) is 5.40. The fourth-order valence-electron chi connectivity index (χ4n) is 3.97. The number of benzene rings is 1. The third kappa shape index (κ3) is 3.84. The average molecular weight is 338 g/mol. The lowest BCUT2D eigenvalue weighted by Crippen LogP contribution is -2.19. The first-order chi connectivity index (χ1) is 12.3. The van der Waals surface area contributed by atoms with Gasteiger partial charge in [0, 0.05) is 17.1 Å². The van der Waals surface area contributed by atoms with Crippen LogP contribution < -0.4 is 4.74 Å². The van der Waals surface area contributed by atoms with E-state index in [-0.39, 0.29) is 0 Å². The summed E-state index contributed by atoms with van der Waals surface area (Å²) in [5.41, 5.74) is 2.52. The monoisotopic (exact) mass is 338 g/mol. The van der Waals surface area contributed by atoms with Crippen LogP contribution in [0.4, 0.5) is 0 Å². The molecule has 2 aromatic rings. The smallest absolute Gasteiger partial charge is 0.119 e. The number of allylic oxidation sites excluding steroid dienone is 1. The molecule has 25 heavy (non-hydrogen) atoms. The van der Waals surface area contributed by atoms with Crippen molar-refractivity contribution in [2.75, 3.05) is 7.11 Å². The first kappa shape index (κ1) is 17.5. The van der Waals surface area contributed by atoms with Crippen LogP contribution in [0.1, 0.15) is 44.1 Å². The van der Waals surface area contributed by atoms with Gasteiger partial charge < -0.3 is 9.94 Å². The van der Waals surface area contributed by atoms with E-state index in [9.17, 15) is 5.21 Å². The third-order valence-corrected chi connectivity index (χ3v) is 5.40. The predicted molar refractivity (Wildman–Crippen MR) is 101 cm³/mol. The molecule has 1 heterocycles. The summed E-state index contributed by atoms with van der Waals surface area (Å²) in [5.74, 6) is 1.99. The molecule has 1 N–H and O–H groups in total. The maximum Gasteiger partial charge on any atom is 0.119 e. The van der Waals surface area contributed by atoms with Crippen molar-refractivity contribution in [3.8, 4) is 5.75 Å². The van der Waals surface area contributed by atoms with Crippen LogP contribution in [0.2, 0.25) is 0 Å². The second-order valence-electron chi connectivity index (χ2n) is 6.77. The van der Waals surface area contributed by atoms with Gasteiger partial charge in [-0.15, -0.1) is 6.58 Å². The Morgan fingerprint density at radius 2 is 2.20 bits per heavy atom. The van der Waals surface area contributed by atoms with Gasteiger partial charge in [-0.2, -0.15) is 0 Å². The predicted octanol–water partition coefficient (Wildman–Crippen LogP) is 5.19. The Balaban J connectivity index is 1.83. The molecule has 132 valence electrons. The van der Waals surface area contributed by atoms with Crippen molar-refractivity contribution in [3.63, 3.8) is 0 Å². The van der Waals surface area contributed by atoms with Crippen molar-refractivity contribution in [3.05, 3.63) is 48.7 Å². The summed E-state index contributed by atoms with van der Waals surface area (Å²) >= 11 is 0. The van der Waals surface area contributed by atoms with Crippen molar-refractivity contribution in [1.82, 2.24) is 4.98 Å². The Morgan fingerprint density at radius 3 is 2.96 bits per heavy atom. The summed E-state index contributed by atoms with van der Waals surface area (Å²) < 4.78 is 5.33. The average Bonchev–Trinajstić information content (AvgIpc) is 2.68. The lowest BCUT2D eigenvalue weighted by Gasteiger charge is -2.29. The molecule has 2 atom stereocenters. The van der Waals surface area contributed by atoms with Crippen LogP contribution in [0.25, 0.3) is 10.9 Å². The number of rotatable bonds is 6. The van der Waals surface area contributed by atoms with Gasteiger partial charge >= 0.3 is 0 Å². The molecule has 4 heteroatoms. The molecular formula is C21H26N2O2. The zero-order valence-corrected chi connectivity index (χ0v) is 14.8. The van der Waals surface area contributed by atoms with E-state index in [1.807, 2.05) is 24.3 Å². The van der Waals surface area contributed by atoms with Crippen LogP contribution in [-0.4, -0.2) is 23.0 Å². The minimum absolute atomic E-state index is 0.586. The maximum absolute atomic E-state index is 9.63. The van der Waals surface area contributed by atoms with Gasteiger partial charge in [-0.1, -0.05) is 24.1 Å². The quantitative estimate of drug-likeness (QED) is 0.341. The molecule has 3 rings (SSSR count). The Kier molecular flexibility index (Phi) is 5.69. The molecule has 0 amide bonds. The Bertz CT molecular complexity index is 770. The SMILES string of the molecule is C=CC1CCCCC1CCC(=NO)c1ccnc2ccc(OC)cc12. The summed E-state index contributed by atoms with van der Waals surface area (Å²) in [6, 6.07) is 7.70. The second-order valence-corrected chi connectivity index (χ2v) is 6.77. The summed E-state index contributed by atoms with van der Waals surface area (Å²) in [4.78, 5) is 4.40. The molecule has 0 radical (unpaired) electrons. The molecule has 1 aliphatic rings. The number of nitrogens with zero attached hydrogens (tertiary/aromatic N) is 2. The molecule has 1 fully saturated rings. The fourth-order valence-corrected chi connectivity index (χ4v) is 3.97. The number of fused-ring (bicyclic) bond motifs is 1. The Labute approximate surface area is 149 Å². The normalized spacial score (nSPS) is 21.2. The van der Waals surface area contributed by atoms with E-state index in [1.54, 1.807) is 13.3 Å². The van der Waals surface area contributed by atoms with Crippen LogP contribution in [-0.2, 0) is 0 Å². The number of hydrogen-bond acceptors (Lipinski definition) is 4. The molecule has 0 spiro atoms. The van der Waals surface area contributed by atoms with Gasteiger partial charge in [0.15, 0.2) is 0 Å². The van der Waals surface area contributed by atoms with Crippen molar-refractivity contribution in [2.45, 2.75) is 38.5 Å². The van der Waals surface area contributed by atoms with Crippen molar-refractivity contribution in [2.24, 2.45) is 17.0 Å². The van der Waals surface area contributed by atoms with E-state index in [0.29, 0.717) is 17.5 Å². The highest BCUT2D eigenvalue weighted by Crippen LogP contribution is 2.34. The molecule has 4 nitrogen and oxygen atoms in total. The fraction of sp³-hybridized carbons (Fsp3) is 0.429. The highest BCUT2D eigenvalue weighted by atomic mass is 16.5. The number of hydrogen-bond donors (Lipinski definition) is 1. The summed E-state index contributed by atoms with van der Waals surface area (Å²) in [6.45, 7) is 4.00. The molecule has 1 saturated carbocycles. The van der Waals surface area contributed by atoms with Gasteiger partial charge in [-0.3, -0.25) is 4.98 Å². The van der Waals surface area contributed by atoms with Crippen LogP contribution >= 0.6 is 0 Å². The number of oxime groups is 1. The number of ether oxygens (including phenoxy) is 1. The van der Waals surface area contributed by atoms with Gasteiger partial charge in [-0.25, -0.2) is 0 Å². The van der Waals surface area contributed by atoms with Crippen LogP contribution in [0.3, 0.4) is 0 Å². The molecule has 0 bridgehead atoms. The highest BCUT2D eigenvalue weighted by molar-refractivity contribution is 6.10. The number of methoxy groups -OCH3 is 1. The van der Waals surface area contributed by atoms with Gasteiger partial charge in [0.2, 0.25) is 0 Å². The number of aromatic nitrogens is 1. The zero-order valence-electron chi connectivity index (χ0n) is 14.8. The van der Waals surface area contributed by atoms with Crippen LogP contribution in [0, 0.1) is 11.8 Å². The Hall–Kier alpha value is -2.36. The van der Waals surface area contributed by atoms with Gasteiger partial charge in [-0.05, 0) is 61.8 Å². The first-order valence-electron chi connectivity index (χ1n) is 9.03. The van der Waals surface area contributed by atoms with E-state index >= 15 is 0 Å². The largest absolute Gasteiger partial charge is 0.497 e. The second kappa shape index (κ2) is 8.15. The molecule has 1 aromatic heterocycles. The summed E-state index contributed by atoms with van der Waals surface area (Å²) in [6.07, 6.45) is 10.7. The van der Waals surface area contributed by atoms with E-state index < -0.39 is 0 Å². The summed E-state index contributed by atoms with van der Waals surface area (Å²) in [7, 11) is 1.65. The minimum atomic E-state index is 0.586. The minimum Gasteiger partial charge on any atom is -0.497 e. The van der Waals surface area contributed by atoms with E-state index in [0.717, 1.165) is 35.1 Å². The van der Waals surface area contributed by atoms with Gasteiger partial charge in [0.05, 0.1) is 18.3 Å². The number of pyridine rings is 1. The van der Waals surface area contributed by atoms with Crippen LogP contribution in [0.15, 0.2) is 48.3 Å². The van der Waals surface area contributed by atoms with Crippen LogP contribution in [0.5, 0.6) is 5.75 Å². The molecule has 0 aliphatic heterocycles.